The average Bonchev–Trinajstić information content (AvgIpc) is 2.81. The van der Waals surface area contributed by atoms with Gasteiger partial charge < -0.3 is 4.42 Å². The van der Waals surface area contributed by atoms with Crippen molar-refractivity contribution in [3.63, 3.8) is 0 Å². The second kappa shape index (κ2) is 3.65. The molecule has 1 aromatic heterocycles. The molecule has 0 saturated carbocycles. The molecule has 4 nitrogen and oxygen atoms in total. The third-order valence-electron chi connectivity index (χ3n) is 1.89. The van der Waals surface area contributed by atoms with E-state index in [1.165, 1.54) is 12.3 Å². The van der Waals surface area contributed by atoms with Gasteiger partial charge in [0.05, 0.1) is 28.8 Å². The van der Waals surface area contributed by atoms with Crippen LogP contribution in [-0.2, 0) is 0 Å². The Morgan fingerprint density at radius 3 is 2.73 bits per heavy atom. The molecule has 1 heterocycles. The van der Waals surface area contributed by atoms with Crippen LogP contribution in [-0.4, -0.2) is 4.98 Å². The Balaban J connectivity index is 2.60. The zero-order chi connectivity index (χ0) is 10.7. The molecule has 69 valence electrons. The summed E-state index contributed by atoms with van der Waals surface area (Å²) >= 11 is 0. The lowest BCUT2D eigenvalue weighted by molar-refractivity contribution is 0.574. The lowest BCUT2D eigenvalue weighted by atomic mass is 10.1. The van der Waals surface area contributed by atoms with Crippen molar-refractivity contribution in [3.8, 4) is 23.6 Å². The van der Waals surface area contributed by atoms with Crippen molar-refractivity contribution < 1.29 is 4.42 Å². The molecule has 0 aliphatic rings. The first-order valence-corrected chi connectivity index (χ1v) is 4.11. The first-order valence-electron chi connectivity index (χ1n) is 4.11. The van der Waals surface area contributed by atoms with E-state index in [0.29, 0.717) is 22.6 Å². The highest BCUT2D eigenvalue weighted by atomic mass is 16.3. The average molecular weight is 194 g/mol. The number of rotatable bonds is 1. The molecular weight excluding hydrogens is 190 g/mol. The molecule has 0 saturated heterocycles. The number of benzene rings is 1. The molecular formula is C11H4N3O. The van der Waals surface area contributed by atoms with Crippen LogP contribution in [0.4, 0.5) is 0 Å². The van der Waals surface area contributed by atoms with Gasteiger partial charge in [0, 0.05) is 0 Å². The predicted octanol–water partition coefficient (Wildman–Crippen LogP) is 1.89. The number of hydrogen-bond acceptors (Lipinski definition) is 4. The normalized spacial score (nSPS) is 9.20. The van der Waals surface area contributed by atoms with Gasteiger partial charge in [0.15, 0.2) is 0 Å². The first kappa shape index (κ1) is 8.98. The summed E-state index contributed by atoms with van der Waals surface area (Å²) in [5.41, 5.74) is 1.37. The minimum atomic E-state index is 0.330. The molecule has 4 heteroatoms. The maximum atomic E-state index is 8.90. The van der Waals surface area contributed by atoms with Gasteiger partial charge in [0.25, 0.3) is 0 Å². The Bertz CT molecular complexity index is 559. The van der Waals surface area contributed by atoms with Gasteiger partial charge in [-0.1, -0.05) is 0 Å². The molecule has 0 aliphatic carbocycles. The summed E-state index contributed by atoms with van der Waals surface area (Å²) in [5.74, 6) is 0.330. The minimum absolute atomic E-state index is 0.330. The maximum absolute atomic E-state index is 8.90. The van der Waals surface area contributed by atoms with Crippen molar-refractivity contribution in [1.29, 1.82) is 10.5 Å². The van der Waals surface area contributed by atoms with Crippen molar-refractivity contribution in [2.45, 2.75) is 0 Å². The molecule has 0 N–H and O–H groups in total. The minimum Gasteiger partial charge on any atom is -0.444 e. The summed E-state index contributed by atoms with van der Waals surface area (Å²) in [6.45, 7) is 0. The highest BCUT2D eigenvalue weighted by Crippen LogP contribution is 2.22. The molecule has 0 fully saturated rings. The fourth-order valence-electron chi connectivity index (χ4n) is 1.21. The van der Waals surface area contributed by atoms with E-state index in [2.05, 4.69) is 11.2 Å². The molecule has 15 heavy (non-hydrogen) atoms. The topological polar surface area (TPSA) is 73.6 Å². The summed E-state index contributed by atoms with van der Waals surface area (Å²) in [6, 6.07) is 8.70. The first-order chi connectivity index (χ1) is 7.35. The van der Waals surface area contributed by atoms with Crippen LogP contribution in [0.1, 0.15) is 11.1 Å². The fourth-order valence-corrected chi connectivity index (χ4v) is 1.21. The van der Waals surface area contributed by atoms with Gasteiger partial charge in [0.1, 0.15) is 12.5 Å². The summed E-state index contributed by atoms with van der Waals surface area (Å²) in [5, 5.41) is 17.6. The largest absolute Gasteiger partial charge is 0.444 e. The highest BCUT2D eigenvalue weighted by Gasteiger charge is 2.09. The molecule has 0 atom stereocenters. The standard InChI is InChI=1S/C11H4N3O/c12-6-8-1-2-10(9(5-8)7-13)11-14-3-4-15-11/h1-2,4-5H. The molecule has 2 aromatic rings. The summed E-state index contributed by atoms with van der Waals surface area (Å²) in [6.07, 6.45) is 3.83. The van der Waals surface area contributed by atoms with Crippen molar-refractivity contribution in [2.75, 3.05) is 0 Å². The van der Waals surface area contributed by atoms with Gasteiger partial charge in [-0.25, -0.2) is 4.98 Å². The summed E-state index contributed by atoms with van der Waals surface area (Å²) in [4.78, 5) is 3.82. The predicted molar refractivity (Wildman–Crippen MR) is 50.2 cm³/mol. The smallest absolute Gasteiger partial charge is 0.227 e. The van der Waals surface area contributed by atoms with Crippen LogP contribution in [0.3, 0.4) is 0 Å². The van der Waals surface area contributed by atoms with Crippen LogP contribution in [0.2, 0.25) is 0 Å². The molecule has 0 spiro atoms. The number of hydrogen-bond donors (Lipinski definition) is 0. The number of aromatic nitrogens is 1. The summed E-state index contributed by atoms with van der Waals surface area (Å²) in [7, 11) is 0. The number of oxazole rings is 1. The monoisotopic (exact) mass is 194 g/mol. The fraction of sp³-hybridized carbons (Fsp3) is 0. The Kier molecular flexibility index (Phi) is 2.19. The van der Waals surface area contributed by atoms with Crippen LogP contribution < -0.4 is 0 Å². The van der Waals surface area contributed by atoms with Crippen LogP contribution in [0.15, 0.2) is 28.9 Å². The van der Waals surface area contributed by atoms with E-state index in [4.69, 9.17) is 14.9 Å². The van der Waals surface area contributed by atoms with E-state index < -0.39 is 0 Å². The van der Waals surface area contributed by atoms with E-state index in [1.807, 2.05) is 12.1 Å². The van der Waals surface area contributed by atoms with Crippen molar-refractivity contribution in [1.82, 2.24) is 4.98 Å². The maximum Gasteiger partial charge on any atom is 0.227 e. The van der Waals surface area contributed by atoms with Gasteiger partial charge in [0.2, 0.25) is 5.89 Å². The van der Waals surface area contributed by atoms with Crippen LogP contribution in [0, 0.1) is 28.9 Å². The zero-order valence-electron chi connectivity index (χ0n) is 7.56. The van der Waals surface area contributed by atoms with Gasteiger partial charge in [-0.15, -0.1) is 0 Å². The van der Waals surface area contributed by atoms with E-state index in [1.54, 1.807) is 12.1 Å². The van der Waals surface area contributed by atoms with Gasteiger partial charge in [-0.2, -0.15) is 10.5 Å². The molecule has 0 amide bonds. The van der Waals surface area contributed by atoms with E-state index in [-0.39, 0.29) is 0 Å². The second-order valence-electron chi connectivity index (χ2n) is 2.77. The number of nitrogens with zero attached hydrogens (tertiary/aromatic N) is 3. The SMILES string of the molecule is N#Cc1ccc(-c2n[c]co2)c(C#N)c1. The quantitative estimate of drug-likeness (QED) is 0.694. The molecule has 0 aliphatic heterocycles. The van der Waals surface area contributed by atoms with Crippen LogP contribution >= 0.6 is 0 Å². The van der Waals surface area contributed by atoms with Crippen molar-refractivity contribution in [3.05, 3.63) is 41.8 Å². The Morgan fingerprint density at radius 2 is 2.13 bits per heavy atom. The van der Waals surface area contributed by atoms with Crippen LogP contribution in [0.5, 0.6) is 0 Å². The molecule has 1 aromatic carbocycles. The molecule has 0 unspecified atom stereocenters. The van der Waals surface area contributed by atoms with Gasteiger partial charge in [-0.3, -0.25) is 0 Å². The lowest BCUT2D eigenvalue weighted by Gasteiger charge is -1.98. The summed E-state index contributed by atoms with van der Waals surface area (Å²) < 4.78 is 5.03. The lowest BCUT2D eigenvalue weighted by Crippen LogP contribution is -1.86. The third kappa shape index (κ3) is 1.56. The van der Waals surface area contributed by atoms with E-state index in [0.717, 1.165) is 0 Å². The van der Waals surface area contributed by atoms with Crippen molar-refractivity contribution in [2.24, 2.45) is 0 Å². The zero-order valence-corrected chi connectivity index (χ0v) is 7.56. The second-order valence-corrected chi connectivity index (χ2v) is 2.77. The van der Waals surface area contributed by atoms with Gasteiger partial charge >= 0.3 is 0 Å². The Labute approximate surface area is 86.0 Å². The van der Waals surface area contributed by atoms with E-state index in [9.17, 15) is 0 Å². The molecule has 1 radical (unpaired) electrons. The Hall–Kier alpha value is -2.59. The Morgan fingerprint density at radius 1 is 1.27 bits per heavy atom. The van der Waals surface area contributed by atoms with Crippen LogP contribution in [0.25, 0.3) is 11.5 Å². The number of nitriles is 2. The van der Waals surface area contributed by atoms with Crippen molar-refractivity contribution >= 4 is 0 Å². The highest BCUT2D eigenvalue weighted by molar-refractivity contribution is 5.64. The van der Waals surface area contributed by atoms with Gasteiger partial charge in [-0.05, 0) is 18.2 Å². The molecule has 2 rings (SSSR count). The molecule has 0 bridgehead atoms. The third-order valence-corrected chi connectivity index (χ3v) is 1.89. The van der Waals surface area contributed by atoms with E-state index >= 15 is 0 Å².